The highest BCUT2D eigenvalue weighted by Crippen LogP contribution is 2.29. The van der Waals surface area contributed by atoms with Gasteiger partial charge in [0.25, 0.3) is 0 Å². The molecule has 0 spiro atoms. The van der Waals surface area contributed by atoms with Gasteiger partial charge in [-0.15, -0.1) is 12.6 Å². The summed E-state index contributed by atoms with van der Waals surface area (Å²) in [5.74, 6) is -0.571. The zero-order valence-electron chi connectivity index (χ0n) is 8.31. The molecule has 4 nitrogen and oxygen atoms in total. The minimum atomic E-state index is -0.484. The van der Waals surface area contributed by atoms with E-state index in [9.17, 15) is 9.59 Å². The fraction of sp³-hybridized carbons (Fsp3) is 0.200. The van der Waals surface area contributed by atoms with Crippen LogP contribution in [0.15, 0.2) is 23.1 Å². The molecule has 0 heterocycles. The second-order valence-corrected chi connectivity index (χ2v) is 3.33. The van der Waals surface area contributed by atoms with Crippen molar-refractivity contribution in [2.75, 3.05) is 0 Å². The van der Waals surface area contributed by atoms with Crippen LogP contribution in [0.4, 0.5) is 0 Å². The number of hydrogen-bond donors (Lipinski definition) is 1. The zero-order valence-corrected chi connectivity index (χ0v) is 9.21. The highest BCUT2D eigenvalue weighted by Gasteiger charge is 2.09. The van der Waals surface area contributed by atoms with Crippen LogP contribution in [0.2, 0.25) is 0 Å². The largest absolute Gasteiger partial charge is 0.423 e. The van der Waals surface area contributed by atoms with E-state index in [2.05, 4.69) is 12.6 Å². The van der Waals surface area contributed by atoms with Crippen LogP contribution in [0.25, 0.3) is 0 Å². The molecule has 15 heavy (non-hydrogen) atoms. The van der Waals surface area contributed by atoms with E-state index in [0.717, 1.165) is 0 Å². The van der Waals surface area contributed by atoms with Gasteiger partial charge in [-0.2, -0.15) is 0 Å². The van der Waals surface area contributed by atoms with Gasteiger partial charge in [0.2, 0.25) is 0 Å². The molecule has 0 saturated carbocycles. The second-order valence-electron chi connectivity index (χ2n) is 2.82. The van der Waals surface area contributed by atoms with Crippen molar-refractivity contribution in [2.24, 2.45) is 0 Å². The third-order valence-electron chi connectivity index (χ3n) is 1.43. The van der Waals surface area contributed by atoms with Gasteiger partial charge in [0, 0.05) is 18.7 Å². The molecule has 0 unspecified atom stereocenters. The summed E-state index contributed by atoms with van der Waals surface area (Å²) in [4.78, 5) is 22.1. The van der Waals surface area contributed by atoms with Crippen molar-refractivity contribution in [3.8, 4) is 11.5 Å². The van der Waals surface area contributed by atoms with Crippen molar-refractivity contribution in [2.45, 2.75) is 18.7 Å². The van der Waals surface area contributed by atoms with Crippen molar-refractivity contribution in [1.29, 1.82) is 0 Å². The molecule has 0 fully saturated rings. The number of ether oxygens (including phenoxy) is 2. The summed E-state index contributed by atoms with van der Waals surface area (Å²) >= 11 is 4.08. The molecule has 0 saturated heterocycles. The lowest BCUT2D eigenvalue weighted by molar-refractivity contribution is -0.134. The summed E-state index contributed by atoms with van der Waals surface area (Å²) in [6, 6.07) is 4.65. The molecule has 0 bridgehead atoms. The summed E-state index contributed by atoms with van der Waals surface area (Å²) in [6.07, 6.45) is 0. The first-order valence-electron chi connectivity index (χ1n) is 4.19. The standard InChI is InChI=1S/C10H10O4S/c1-6(11)13-9-4-3-8(15)5-10(9)14-7(2)12/h3-5,15H,1-2H3. The molecule has 0 aliphatic carbocycles. The lowest BCUT2D eigenvalue weighted by Gasteiger charge is -2.08. The first kappa shape index (κ1) is 11.6. The van der Waals surface area contributed by atoms with Gasteiger partial charge in [0.05, 0.1) is 0 Å². The van der Waals surface area contributed by atoms with Gasteiger partial charge in [-0.25, -0.2) is 0 Å². The van der Waals surface area contributed by atoms with Crippen molar-refractivity contribution in [1.82, 2.24) is 0 Å². The molecule has 0 aliphatic rings. The van der Waals surface area contributed by atoms with Crippen LogP contribution in [0.5, 0.6) is 11.5 Å². The average Bonchev–Trinajstić information content (AvgIpc) is 2.08. The lowest BCUT2D eigenvalue weighted by Crippen LogP contribution is -2.07. The smallest absolute Gasteiger partial charge is 0.308 e. The number of thiol groups is 1. The monoisotopic (exact) mass is 226 g/mol. The third kappa shape index (κ3) is 3.63. The normalized spacial score (nSPS) is 9.53. The maximum atomic E-state index is 10.8. The molecule has 1 aromatic carbocycles. The minimum Gasteiger partial charge on any atom is -0.423 e. The van der Waals surface area contributed by atoms with E-state index in [0.29, 0.717) is 4.90 Å². The summed E-state index contributed by atoms with van der Waals surface area (Å²) < 4.78 is 9.71. The minimum absolute atomic E-state index is 0.185. The number of carbonyl (C=O) groups is 2. The molecule has 5 heteroatoms. The van der Waals surface area contributed by atoms with Crippen LogP contribution in [-0.4, -0.2) is 11.9 Å². The van der Waals surface area contributed by atoms with E-state index >= 15 is 0 Å². The lowest BCUT2D eigenvalue weighted by atomic mass is 10.3. The molecule has 0 amide bonds. The van der Waals surface area contributed by atoms with Gasteiger partial charge >= 0.3 is 11.9 Å². The van der Waals surface area contributed by atoms with Gasteiger partial charge in [0.1, 0.15) is 0 Å². The molecule has 0 N–H and O–H groups in total. The maximum absolute atomic E-state index is 10.8. The quantitative estimate of drug-likeness (QED) is 0.475. The molecular formula is C10H10O4S. The van der Waals surface area contributed by atoms with Crippen molar-refractivity contribution < 1.29 is 19.1 Å². The van der Waals surface area contributed by atoms with Crippen molar-refractivity contribution >= 4 is 24.6 Å². The van der Waals surface area contributed by atoms with Gasteiger partial charge < -0.3 is 9.47 Å². The Morgan fingerprint density at radius 3 is 2.13 bits per heavy atom. The molecule has 1 rings (SSSR count). The number of rotatable bonds is 2. The molecule has 0 aliphatic heterocycles. The summed E-state index contributed by atoms with van der Waals surface area (Å²) in [7, 11) is 0. The average molecular weight is 226 g/mol. The predicted molar refractivity (Wildman–Crippen MR) is 56.3 cm³/mol. The number of hydrogen-bond acceptors (Lipinski definition) is 5. The summed E-state index contributed by atoms with van der Waals surface area (Å²) in [5, 5.41) is 0. The Hall–Kier alpha value is -1.49. The summed E-state index contributed by atoms with van der Waals surface area (Å²) in [5.41, 5.74) is 0. The number of carbonyl (C=O) groups excluding carboxylic acids is 2. The first-order valence-corrected chi connectivity index (χ1v) is 4.63. The van der Waals surface area contributed by atoms with Crippen molar-refractivity contribution in [3.05, 3.63) is 18.2 Å². The molecular weight excluding hydrogens is 216 g/mol. The van der Waals surface area contributed by atoms with Crippen molar-refractivity contribution in [3.63, 3.8) is 0 Å². The van der Waals surface area contributed by atoms with Gasteiger partial charge in [-0.1, -0.05) is 0 Å². The maximum Gasteiger partial charge on any atom is 0.308 e. The predicted octanol–water partition coefficient (Wildman–Crippen LogP) is 1.83. The van der Waals surface area contributed by atoms with E-state index in [1.165, 1.54) is 26.0 Å². The Labute approximate surface area is 92.6 Å². The van der Waals surface area contributed by atoms with Gasteiger partial charge in [-0.3, -0.25) is 9.59 Å². The summed E-state index contributed by atoms with van der Waals surface area (Å²) in [6.45, 7) is 2.54. The van der Waals surface area contributed by atoms with E-state index in [4.69, 9.17) is 9.47 Å². The topological polar surface area (TPSA) is 52.6 Å². The number of benzene rings is 1. The molecule has 1 aromatic rings. The third-order valence-corrected chi connectivity index (χ3v) is 1.71. The number of esters is 2. The Bertz CT molecular complexity index is 400. The first-order chi connectivity index (χ1) is 6.99. The van der Waals surface area contributed by atoms with E-state index in [1.54, 1.807) is 6.07 Å². The SMILES string of the molecule is CC(=O)Oc1ccc(S)cc1OC(C)=O. The van der Waals surface area contributed by atoms with Crippen LogP contribution < -0.4 is 9.47 Å². The van der Waals surface area contributed by atoms with Crippen LogP contribution in [0.1, 0.15) is 13.8 Å². The fourth-order valence-electron chi connectivity index (χ4n) is 0.971. The molecule has 0 atom stereocenters. The Morgan fingerprint density at radius 1 is 1.07 bits per heavy atom. The Morgan fingerprint density at radius 2 is 1.60 bits per heavy atom. The highest BCUT2D eigenvalue weighted by atomic mass is 32.1. The van der Waals surface area contributed by atoms with E-state index in [1.807, 2.05) is 0 Å². The van der Waals surface area contributed by atoms with E-state index in [-0.39, 0.29) is 11.5 Å². The van der Waals surface area contributed by atoms with Crippen LogP contribution in [0, 0.1) is 0 Å². The molecule has 0 aromatic heterocycles. The Balaban J connectivity index is 3.02. The second kappa shape index (κ2) is 4.84. The van der Waals surface area contributed by atoms with Gasteiger partial charge in [-0.05, 0) is 18.2 Å². The van der Waals surface area contributed by atoms with Crippen LogP contribution in [0.3, 0.4) is 0 Å². The van der Waals surface area contributed by atoms with Gasteiger partial charge in [0.15, 0.2) is 11.5 Å². The zero-order chi connectivity index (χ0) is 11.4. The fourth-order valence-corrected chi connectivity index (χ4v) is 1.16. The highest BCUT2D eigenvalue weighted by molar-refractivity contribution is 7.80. The molecule has 80 valence electrons. The Kier molecular flexibility index (Phi) is 3.74. The van der Waals surface area contributed by atoms with E-state index < -0.39 is 11.9 Å². The molecule has 0 radical (unpaired) electrons. The van der Waals surface area contributed by atoms with Crippen LogP contribution in [-0.2, 0) is 9.59 Å². The van der Waals surface area contributed by atoms with Crippen LogP contribution >= 0.6 is 12.6 Å².